The van der Waals surface area contributed by atoms with Crippen LogP contribution in [0.1, 0.15) is 91.9 Å². The molecule has 8 heteroatoms. The first-order valence-corrected chi connectivity index (χ1v) is 14.4. The Labute approximate surface area is 219 Å². The normalized spacial score (nSPS) is 40.9. The number of nitrogens with zero attached hydrogens (tertiary/aromatic N) is 4. The van der Waals surface area contributed by atoms with Gasteiger partial charge in [-0.1, -0.05) is 52.4 Å². The highest BCUT2D eigenvalue weighted by Crippen LogP contribution is 2.62. The third-order valence-corrected chi connectivity index (χ3v) is 9.31. The third kappa shape index (κ3) is 5.33. The van der Waals surface area contributed by atoms with Crippen LogP contribution in [0.15, 0.2) is 0 Å². The van der Waals surface area contributed by atoms with Crippen molar-refractivity contribution in [2.75, 3.05) is 41.4 Å². The van der Waals surface area contributed by atoms with Gasteiger partial charge in [-0.05, 0) is 54.9 Å². The maximum Gasteiger partial charge on any atom is 0.307 e. The first-order chi connectivity index (χ1) is 17.2. The third-order valence-electron chi connectivity index (χ3n) is 9.31. The summed E-state index contributed by atoms with van der Waals surface area (Å²) >= 11 is 0. The van der Waals surface area contributed by atoms with Crippen LogP contribution in [-0.2, 0) is 19.1 Å². The zero-order valence-electron chi connectivity index (χ0n) is 24.2. The van der Waals surface area contributed by atoms with Crippen LogP contribution < -0.4 is 0 Å². The number of esters is 2. The van der Waals surface area contributed by atoms with E-state index in [1.807, 2.05) is 13.8 Å². The Kier molecular flexibility index (Phi) is 9.86. The molecule has 4 unspecified atom stereocenters. The molecule has 0 aromatic heterocycles. The predicted octanol–water partition coefficient (Wildman–Crippen LogP) is 3.69. The van der Waals surface area contributed by atoms with Gasteiger partial charge in [0.05, 0.1) is 38.1 Å². The smallest absolute Gasteiger partial charge is 0.307 e. The van der Waals surface area contributed by atoms with Gasteiger partial charge < -0.3 is 9.47 Å². The Balaban J connectivity index is 0.000000201. The first-order valence-electron chi connectivity index (χ1n) is 14.4. The number of hydrogen-bond donors (Lipinski definition) is 0. The molecule has 0 radical (unpaired) electrons. The van der Waals surface area contributed by atoms with Crippen molar-refractivity contribution < 1.29 is 19.1 Å². The number of carbonyl (C=O) groups excluding carboxylic acids is 2. The molecule has 0 amide bonds. The minimum absolute atomic E-state index is 0.0566. The van der Waals surface area contributed by atoms with Crippen molar-refractivity contribution in [2.24, 2.45) is 0 Å². The number of ether oxygens (including phenoxy) is 2. The molecule has 0 aliphatic carbocycles. The standard InChI is InChI=1S/2C14H26N2O2/c2*1-5-7-8-9-11-14(15(11)3)12(16(14)4)10-13(17)18-6-2/h2*11-12H,5-10H2,1-4H3/t11-,12+,14-,15?,16?;11-,12-,14-,15?,16?/m00/s1. The van der Waals surface area contributed by atoms with Gasteiger partial charge in [0.1, 0.15) is 11.3 Å². The van der Waals surface area contributed by atoms with Gasteiger partial charge >= 0.3 is 11.9 Å². The van der Waals surface area contributed by atoms with Crippen molar-refractivity contribution in [2.45, 2.75) is 127 Å². The van der Waals surface area contributed by atoms with E-state index in [2.05, 4.69) is 61.6 Å². The highest BCUT2D eigenvalue weighted by atomic mass is 16.5. The molecule has 0 bridgehead atoms. The molecule has 4 aliphatic heterocycles. The van der Waals surface area contributed by atoms with Crippen LogP contribution >= 0.6 is 0 Å². The summed E-state index contributed by atoms with van der Waals surface area (Å²) in [5.41, 5.74) is 0.390. The van der Waals surface area contributed by atoms with E-state index in [0.717, 1.165) is 0 Å². The van der Waals surface area contributed by atoms with Crippen LogP contribution in [0.4, 0.5) is 0 Å². The highest BCUT2D eigenvalue weighted by Gasteiger charge is 2.80. The van der Waals surface area contributed by atoms with Crippen LogP contribution in [0, 0.1) is 0 Å². The zero-order valence-corrected chi connectivity index (χ0v) is 24.2. The van der Waals surface area contributed by atoms with Crippen LogP contribution in [0.2, 0.25) is 0 Å². The average molecular weight is 509 g/mol. The lowest BCUT2D eigenvalue weighted by Crippen LogP contribution is -2.11. The summed E-state index contributed by atoms with van der Waals surface area (Å²) in [6.45, 7) is 9.16. The van der Waals surface area contributed by atoms with Gasteiger partial charge in [0.15, 0.2) is 0 Å². The molecule has 2 spiro atoms. The Morgan fingerprint density at radius 1 is 0.583 bits per heavy atom. The van der Waals surface area contributed by atoms with Gasteiger partial charge in [-0.25, -0.2) is 0 Å². The maximum atomic E-state index is 11.6. The Morgan fingerprint density at radius 3 is 1.22 bits per heavy atom. The van der Waals surface area contributed by atoms with Crippen molar-refractivity contribution in [3.63, 3.8) is 0 Å². The Bertz CT molecular complexity index is 704. The summed E-state index contributed by atoms with van der Waals surface area (Å²) in [6.07, 6.45) is 11.4. The first kappa shape index (κ1) is 29.3. The molecule has 4 fully saturated rings. The summed E-state index contributed by atoms with van der Waals surface area (Å²) in [5, 5.41) is 0. The quantitative estimate of drug-likeness (QED) is 0.200. The number of likely N-dealkylation sites (N-methyl/N-ethyl adjacent to an activating group) is 4. The summed E-state index contributed by atoms with van der Waals surface area (Å²) in [4.78, 5) is 32.6. The van der Waals surface area contributed by atoms with Gasteiger partial charge in [0.25, 0.3) is 0 Å². The second kappa shape index (κ2) is 12.1. The lowest BCUT2D eigenvalue weighted by atomic mass is 10.1. The van der Waals surface area contributed by atoms with Crippen LogP contribution in [0.25, 0.3) is 0 Å². The van der Waals surface area contributed by atoms with Gasteiger partial charge in [-0.3, -0.25) is 29.2 Å². The topological polar surface area (TPSA) is 64.6 Å². The largest absolute Gasteiger partial charge is 0.466 e. The van der Waals surface area contributed by atoms with Crippen LogP contribution in [0.5, 0.6) is 0 Å². The molecule has 10 atom stereocenters. The molecule has 4 saturated heterocycles. The van der Waals surface area contributed by atoms with Gasteiger partial charge in [-0.2, -0.15) is 0 Å². The van der Waals surface area contributed by atoms with E-state index in [1.54, 1.807) is 0 Å². The van der Waals surface area contributed by atoms with Crippen molar-refractivity contribution in [3.05, 3.63) is 0 Å². The maximum absolute atomic E-state index is 11.6. The monoisotopic (exact) mass is 508 g/mol. The molecular formula is C28H52N4O4. The number of hydrogen-bond acceptors (Lipinski definition) is 8. The highest BCUT2D eigenvalue weighted by molar-refractivity contribution is 5.72. The number of carbonyl (C=O) groups is 2. The molecule has 0 saturated carbocycles. The fraction of sp³-hybridized carbons (Fsp3) is 0.929. The van der Waals surface area contributed by atoms with E-state index in [-0.39, 0.29) is 23.3 Å². The minimum atomic E-state index is -0.0566. The molecule has 36 heavy (non-hydrogen) atoms. The van der Waals surface area contributed by atoms with Crippen LogP contribution in [-0.4, -0.2) is 108 Å². The molecule has 8 nitrogen and oxygen atoms in total. The van der Waals surface area contributed by atoms with Gasteiger partial charge in [-0.15, -0.1) is 0 Å². The van der Waals surface area contributed by atoms with E-state index in [9.17, 15) is 9.59 Å². The fourth-order valence-corrected chi connectivity index (χ4v) is 7.17. The predicted molar refractivity (Wildman–Crippen MR) is 142 cm³/mol. The van der Waals surface area contributed by atoms with E-state index in [1.165, 1.54) is 51.4 Å². The Morgan fingerprint density at radius 2 is 0.917 bits per heavy atom. The molecule has 4 heterocycles. The SMILES string of the molecule is CCCCC[C@@H]1N(C)[C@@]12[C@@H](CC(=O)OCC)N2C.CCCCC[C@@H]1N(C)[C@@]12[C@H](CC(=O)OCC)N2C. The van der Waals surface area contributed by atoms with Crippen molar-refractivity contribution in [3.8, 4) is 0 Å². The minimum Gasteiger partial charge on any atom is -0.466 e. The van der Waals surface area contributed by atoms with Crippen molar-refractivity contribution >= 4 is 11.9 Å². The zero-order chi connectivity index (χ0) is 26.7. The number of rotatable bonds is 14. The lowest BCUT2D eigenvalue weighted by Gasteiger charge is -1.98. The van der Waals surface area contributed by atoms with E-state index >= 15 is 0 Å². The molecule has 208 valence electrons. The van der Waals surface area contributed by atoms with E-state index in [0.29, 0.717) is 50.2 Å². The number of unbranched alkanes of at least 4 members (excludes halogenated alkanes) is 4. The lowest BCUT2D eigenvalue weighted by molar-refractivity contribution is -0.144. The fourth-order valence-electron chi connectivity index (χ4n) is 7.17. The van der Waals surface area contributed by atoms with E-state index < -0.39 is 0 Å². The molecular weight excluding hydrogens is 456 g/mol. The summed E-state index contributed by atoms with van der Waals surface area (Å²) in [7, 11) is 8.61. The average Bonchev–Trinajstić information content (AvgIpc) is 3.80. The summed E-state index contributed by atoms with van der Waals surface area (Å²) in [6, 6.07) is 2.03. The van der Waals surface area contributed by atoms with Crippen LogP contribution in [0.3, 0.4) is 0 Å². The summed E-state index contributed by atoms with van der Waals surface area (Å²) < 4.78 is 10.1. The van der Waals surface area contributed by atoms with E-state index in [4.69, 9.17) is 9.47 Å². The Hall–Kier alpha value is -1.22. The van der Waals surface area contributed by atoms with Crippen molar-refractivity contribution in [1.29, 1.82) is 0 Å². The molecule has 0 aromatic rings. The molecule has 0 aromatic carbocycles. The molecule has 4 aliphatic rings. The van der Waals surface area contributed by atoms with Crippen molar-refractivity contribution in [1.82, 2.24) is 19.6 Å². The molecule has 0 N–H and O–H groups in total. The second-order valence-corrected chi connectivity index (χ2v) is 11.1. The molecule has 4 rings (SSSR count). The summed E-state index contributed by atoms with van der Waals surface area (Å²) in [5.74, 6) is -0.113. The van der Waals surface area contributed by atoms with Gasteiger partial charge in [0.2, 0.25) is 0 Å². The van der Waals surface area contributed by atoms with Gasteiger partial charge in [0, 0.05) is 12.1 Å². The second-order valence-electron chi connectivity index (χ2n) is 11.1.